The molecule has 0 radical (unpaired) electrons. The zero-order chi connectivity index (χ0) is 20.9. The highest BCUT2D eigenvalue weighted by atomic mass is 35.5. The van der Waals surface area contributed by atoms with E-state index in [0.29, 0.717) is 0 Å². The highest BCUT2D eigenvalue weighted by Gasteiger charge is 2.44. The summed E-state index contributed by atoms with van der Waals surface area (Å²) in [6, 6.07) is 10.8. The first-order valence-corrected chi connectivity index (χ1v) is 9.83. The van der Waals surface area contributed by atoms with Crippen LogP contribution in [-0.4, -0.2) is 48.2 Å². The number of fused-ring (bicyclic) bond motifs is 1. The summed E-state index contributed by atoms with van der Waals surface area (Å²) < 4.78 is 0. The van der Waals surface area contributed by atoms with Crippen LogP contribution in [-0.2, 0) is 12.0 Å². The average molecular weight is 412 g/mol. The fraction of sp³-hybridized carbons (Fsp3) is 0.318. The van der Waals surface area contributed by atoms with Gasteiger partial charge in [-0.2, -0.15) is 0 Å². The molecule has 0 atom stereocenters. The van der Waals surface area contributed by atoms with Crippen molar-refractivity contribution in [2.45, 2.75) is 24.8 Å². The van der Waals surface area contributed by atoms with Crippen LogP contribution in [0.4, 0.5) is 0 Å². The predicted molar refractivity (Wildman–Crippen MR) is 110 cm³/mol. The van der Waals surface area contributed by atoms with Crippen LogP contribution in [0.3, 0.4) is 0 Å². The van der Waals surface area contributed by atoms with Crippen LogP contribution in [0, 0.1) is 0 Å². The first kappa shape index (κ1) is 19.6. The van der Waals surface area contributed by atoms with Gasteiger partial charge in [0.05, 0.1) is 23.2 Å². The molecule has 7 heteroatoms. The van der Waals surface area contributed by atoms with Crippen LogP contribution in [0.1, 0.15) is 55.0 Å². The number of rotatable bonds is 6. The number of carbonyl (C=O) groups excluding carboxylic acids is 3. The fourth-order valence-corrected chi connectivity index (χ4v) is 4.38. The standard InChI is InChI=1S/C22H22ClN3O3/c1-25(2)12-22(7-8-22)14-5-3-13(4-6-14)11-26-20(28)17-10-15(23)9-16(19(24)27)18(17)21(26)29/h3-6,9-10H,7-8,11-12H2,1-2H3,(H2,24,27). The van der Waals surface area contributed by atoms with Crippen molar-refractivity contribution >= 4 is 29.3 Å². The van der Waals surface area contributed by atoms with Crippen molar-refractivity contribution in [3.05, 3.63) is 69.2 Å². The molecule has 0 bridgehead atoms. The molecule has 1 aliphatic carbocycles. The smallest absolute Gasteiger partial charge is 0.262 e. The zero-order valence-electron chi connectivity index (χ0n) is 16.4. The minimum Gasteiger partial charge on any atom is -0.366 e. The largest absolute Gasteiger partial charge is 0.366 e. The predicted octanol–water partition coefficient (Wildman–Crippen LogP) is 2.83. The number of hydrogen-bond donors (Lipinski definition) is 1. The molecular formula is C22H22ClN3O3. The molecule has 1 fully saturated rings. The summed E-state index contributed by atoms with van der Waals surface area (Å²) in [4.78, 5) is 40.7. The number of nitrogens with zero attached hydrogens (tertiary/aromatic N) is 2. The SMILES string of the molecule is CN(C)CC1(c2ccc(CN3C(=O)c4cc(Cl)cc(C(N)=O)c4C3=O)cc2)CC1. The molecule has 3 amide bonds. The molecule has 2 aromatic rings. The van der Waals surface area contributed by atoms with Crippen LogP contribution in [0.15, 0.2) is 36.4 Å². The lowest BCUT2D eigenvalue weighted by atomic mass is 9.94. The molecule has 0 spiro atoms. The Morgan fingerprint density at radius 2 is 1.79 bits per heavy atom. The maximum atomic E-state index is 12.9. The van der Waals surface area contributed by atoms with Gasteiger partial charge in [0.1, 0.15) is 0 Å². The number of hydrogen-bond acceptors (Lipinski definition) is 4. The first-order chi connectivity index (χ1) is 13.7. The van der Waals surface area contributed by atoms with E-state index in [4.69, 9.17) is 17.3 Å². The van der Waals surface area contributed by atoms with E-state index < -0.39 is 17.7 Å². The minimum absolute atomic E-state index is 0.0249. The van der Waals surface area contributed by atoms with E-state index in [1.165, 1.54) is 30.5 Å². The van der Waals surface area contributed by atoms with E-state index in [1.807, 2.05) is 12.1 Å². The van der Waals surface area contributed by atoms with E-state index in [9.17, 15) is 14.4 Å². The Hall–Kier alpha value is -2.70. The molecule has 0 aromatic heterocycles. The normalized spacial score (nSPS) is 17.0. The van der Waals surface area contributed by atoms with Crippen LogP contribution in [0.2, 0.25) is 5.02 Å². The van der Waals surface area contributed by atoms with Crippen LogP contribution < -0.4 is 5.73 Å². The minimum atomic E-state index is -0.785. The monoisotopic (exact) mass is 411 g/mol. The summed E-state index contributed by atoms with van der Waals surface area (Å²) in [6.45, 7) is 1.13. The summed E-state index contributed by atoms with van der Waals surface area (Å²) in [7, 11) is 4.15. The Balaban J connectivity index is 1.58. The van der Waals surface area contributed by atoms with E-state index in [1.54, 1.807) is 0 Å². The maximum Gasteiger partial charge on any atom is 0.262 e. The van der Waals surface area contributed by atoms with E-state index in [2.05, 4.69) is 31.1 Å². The Morgan fingerprint density at radius 1 is 1.14 bits per heavy atom. The number of carbonyl (C=O) groups is 3. The van der Waals surface area contributed by atoms with Gasteiger partial charge < -0.3 is 10.6 Å². The fourth-order valence-electron chi connectivity index (χ4n) is 4.16. The maximum absolute atomic E-state index is 12.9. The second-order valence-electron chi connectivity index (χ2n) is 8.15. The highest BCUT2D eigenvalue weighted by Crippen LogP contribution is 2.48. The highest BCUT2D eigenvalue weighted by molar-refractivity contribution is 6.33. The Bertz CT molecular complexity index is 1030. The Kier molecular flexibility index (Phi) is 4.71. The molecule has 29 heavy (non-hydrogen) atoms. The number of imide groups is 1. The lowest BCUT2D eigenvalue weighted by Crippen LogP contribution is -2.29. The van der Waals surface area contributed by atoms with Gasteiger partial charge >= 0.3 is 0 Å². The third-order valence-corrected chi connectivity index (χ3v) is 5.90. The molecule has 1 saturated carbocycles. The molecule has 6 nitrogen and oxygen atoms in total. The van der Waals surface area contributed by atoms with Crippen LogP contribution in [0.25, 0.3) is 0 Å². The van der Waals surface area contributed by atoms with E-state index >= 15 is 0 Å². The van der Waals surface area contributed by atoms with Crippen molar-refractivity contribution in [2.24, 2.45) is 5.73 Å². The molecule has 0 unspecified atom stereocenters. The van der Waals surface area contributed by atoms with Gasteiger partial charge in [-0.25, -0.2) is 0 Å². The van der Waals surface area contributed by atoms with Crippen LogP contribution >= 0.6 is 11.6 Å². The van der Waals surface area contributed by atoms with Gasteiger partial charge in [-0.1, -0.05) is 35.9 Å². The van der Waals surface area contributed by atoms with Gasteiger partial charge in [-0.05, 0) is 50.2 Å². The number of likely N-dealkylation sites (N-methyl/N-ethyl adjacent to an activating group) is 1. The van der Waals surface area contributed by atoms with Gasteiger partial charge in [0.25, 0.3) is 11.8 Å². The van der Waals surface area contributed by atoms with Gasteiger partial charge in [0, 0.05) is 17.0 Å². The Labute approximate surface area is 174 Å². The summed E-state index contributed by atoms with van der Waals surface area (Å²) in [5.41, 5.74) is 7.84. The number of primary amides is 1. The number of amides is 3. The summed E-state index contributed by atoms with van der Waals surface area (Å²) in [6.07, 6.45) is 2.33. The molecule has 4 rings (SSSR count). The number of benzene rings is 2. The van der Waals surface area contributed by atoms with Crippen LogP contribution in [0.5, 0.6) is 0 Å². The number of nitrogens with two attached hydrogens (primary N) is 1. The molecule has 2 aromatic carbocycles. The van der Waals surface area contributed by atoms with E-state index in [0.717, 1.165) is 17.0 Å². The third kappa shape index (κ3) is 3.43. The Morgan fingerprint density at radius 3 is 2.34 bits per heavy atom. The first-order valence-electron chi connectivity index (χ1n) is 9.45. The van der Waals surface area contributed by atoms with Crippen molar-refractivity contribution in [3.8, 4) is 0 Å². The molecule has 1 heterocycles. The quantitative estimate of drug-likeness (QED) is 0.741. The van der Waals surface area contributed by atoms with Crippen molar-refractivity contribution < 1.29 is 14.4 Å². The zero-order valence-corrected chi connectivity index (χ0v) is 17.1. The second kappa shape index (κ2) is 6.97. The molecule has 1 aliphatic heterocycles. The second-order valence-corrected chi connectivity index (χ2v) is 8.59. The van der Waals surface area contributed by atoms with Gasteiger partial charge in [-0.15, -0.1) is 0 Å². The van der Waals surface area contributed by atoms with Crippen molar-refractivity contribution in [1.29, 1.82) is 0 Å². The van der Waals surface area contributed by atoms with Crippen molar-refractivity contribution in [1.82, 2.24) is 9.80 Å². The van der Waals surface area contributed by atoms with Crippen molar-refractivity contribution in [3.63, 3.8) is 0 Å². The topological polar surface area (TPSA) is 83.7 Å². The van der Waals surface area contributed by atoms with Gasteiger partial charge in [0.2, 0.25) is 5.91 Å². The average Bonchev–Trinajstić information content (AvgIpc) is 3.40. The summed E-state index contributed by atoms with van der Waals surface area (Å²) in [5, 5.41) is 0.195. The molecule has 0 saturated heterocycles. The summed E-state index contributed by atoms with van der Waals surface area (Å²) >= 11 is 6.00. The molecule has 2 aliphatic rings. The molecular weight excluding hydrogens is 390 g/mol. The van der Waals surface area contributed by atoms with E-state index in [-0.39, 0.29) is 33.7 Å². The summed E-state index contributed by atoms with van der Waals surface area (Å²) in [5.74, 6) is -1.78. The number of halogens is 1. The molecule has 150 valence electrons. The van der Waals surface area contributed by atoms with Gasteiger partial charge in [0.15, 0.2) is 0 Å². The van der Waals surface area contributed by atoms with Gasteiger partial charge in [-0.3, -0.25) is 19.3 Å². The third-order valence-electron chi connectivity index (χ3n) is 5.68. The lowest BCUT2D eigenvalue weighted by molar-refractivity contribution is 0.0640. The van der Waals surface area contributed by atoms with Crippen molar-refractivity contribution in [2.75, 3.05) is 20.6 Å². The lowest BCUT2D eigenvalue weighted by Gasteiger charge is -2.21. The molecule has 2 N–H and O–H groups in total.